The Morgan fingerprint density at radius 2 is 1.59 bits per heavy atom. The molecule has 0 bridgehead atoms. The van der Waals surface area contributed by atoms with Gasteiger partial charge in [0.1, 0.15) is 6.61 Å². The van der Waals surface area contributed by atoms with E-state index >= 15 is 0 Å². The third kappa shape index (κ3) is 3.71. The molecule has 0 saturated heterocycles. The zero-order valence-electron chi connectivity index (χ0n) is 12.0. The first-order valence-corrected chi connectivity index (χ1v) is 6.64. The number of nitrogens with two attached hydrogens (primary N) is 1. The lowest BCUT2D eigenvalue weighted by atomic mass is 10.0. The van der Waals surface area contributed by atoms with Crippen molar-refractivity contribution in [3.63, 3.8) is 0 Å². The Hall–Kier alpha value is -2.21. The number of halogens is 3. The molecule has 0 aliphatic carbocycles. The number of ether oxygens (including phenoxy) is 2. The first-order valence-electron chi connectivity index (χ1n) is 6.64. The lowest BCUT2D eigenvalue weighted by Gasteiger charge is -2.12. The Morgan fingerprint density at radius 1 is 0.955 bits per heavy atom. The van der Waals surface area contributed by atoms with E-state index in [0.29, 0.717) is 30.2 Å². The summed E-state index contributed by atoms with van der Waals surface area (Å²) in [5.74, 6) is 1.05. The van der Waals surface area contributed by atoms with Crippen molar-refractivity contribution >= 4 is 0 Å². The first kappa shape index (κ1) is 16.2. The molecule has 2 rings (SSSR count). The maximum atomic E-state index is 12.6. The fraction of sp³-hybridized carbons (Fsp3) is 0.250. The van der Waals surface area contributed by atoms with Crippen molar-refractivity contribution < 1.29 is 22.6 Å². The summed E-state index contributed by atoms with van der Waals surface area (Å²) in [5.41, 5.74) is 6.11. The van der Waals surface area contributed by atoms with Crippen molar-refractivity contribution in [3.8, 4) is 22.6 Å². The quantitative estimate of drug-likeness (QED) is 0.915. The molecule has 0 aliphatic heterocycles. The summed E-state index contributed by atoms with van der Waals surface area (Å²) in [6.07, 6.45) is -4.34. The molecule has 0 amide bonds. The topological polar surface area (TPSA) is 44.5 Å². The van der Waals surface area contributed by atoms with E-state index in [1.807, 2.05) is 0 Å². The number of benzene rings is 2. The second kappa shape index (κ2) is 6.70. The van der Waals surface area contributed by atoms with Crippen LogP contribution in [-0.4, -0.2) is 20.3 Å². The second-order valence-corrected chi connectivity index (χ2v) is 4.58. The van der Waals surface area contributed by atoms with Gasteiger partial charge in [0.2, 0.25) is 0 Å². The summed E-state index contributed by atoms with van der Waals surface area (Å²) in [5, 5.41) is 0. The van der Waals surface area contributed by atoms with Crippen LogP contribution in [0.2, 0.25) is 0 Å². The van der Waals surface area contributed by atoms with E-state index in [1.165, 1.54) is 19.2 Å². The largest absolute Gasteiger partial charge is 0.493 e. The number of hydrogen-bond acceptors (Lipinski definition) is 3. The Labute approximate surface area is 126 Å². The highest BCUT2D eigenvalue weighted by Crippen LogP contribution is 2.34. The number of alkyl halides is 3. The van der Waals surface area contributed by atoms with Gasteiger partial charge in [-0.3, -0.25) is 0 Å². The zero-order valence-corrected chi connectivity index (χ0v) is 12.0. The van der Waals surface area contributed by atoms with Gasteiger partial charge in [0, 0.05) is 6.54 Å². The predicted molar refractivity (Wildman–Crippen MR) is 78.0 cm³/mol. The lowest BCUT2D eigenvalue weighted by Crippen LogP contribution is -2.11. The van der Waals surface area contributed by atoms with Gasteiger partial charge in [0.05, 0.1) is 12.7 Å². The number of rotatable bonds is 5. The average Bonchev–Trinajstić information content (AvgIpc) is 2.52. The molecule has 2 N–H and O–H groups in total. The third-order valence-electron chi connectivity index (χ3n) is 3.08. The lowest BCUT2D eigenvalue weighted by molar-refractivity contribution is -0.137. The van der Waals surface area contributed by atoms with Crippen LogP contribution in [-0.2, 0) is 6.18 Å². The monoisotopic (exact) mass is 311 g/mol. The van der Waals surface area contributed by atoms with Gasteiger partial charge in [-0.25, -0.2) is 0 Å². The minimum absolute atomic E-state index is 0.357. The summed E-state index contributed by atoms with van der Waals surface area (Å²) in [6.45, 7) is 0.736. The van der Waals surface area contributed by atoms with Crippen molar-refractivity contribution in [1.82, 2.24) is 0 Å². The van der Waals surface area contributed by atoms with Crippen molar-refractivity contribution in [1.29, 1.82) is 0 Å². The molecule has 0 spiro atoms. The summed E-state index contributed by atoms with van der Waals surface area (Å²) in [4.78, 5) is 0. The minimum Gasteiger partial charge on any atom is -0.493 e. The van der Waals surface area contributed by atoms with Gasteiger partial charge < -0.3 is 15.2 Å². The maximum Gasteiger partial charge on any atom is 0.416 e. The van der Waals surface area contributed by atoms with E-state index < -0.39 is 11.7 Å². The van der Waals surface area contributed by atoms with Crippen LogP contribution in [0, 0.1) is 0 Å². The Balaban J connectivity index is 2.29. The smallest absolute Gasteiger partial charge is 0.416 e. The van der Waals surface area contributed by atoms with Crippen LogP contribution < -0.4 is 15.2 Å². The van der Waals surface area contributed by atoms with Crippen LogP contribution >= 0.6 is 0 Å². The molecule has 2 aromatic carbocycles. The van der Waals surface area contributed by atoms with Gasteiger partial charge in [-0.2, -0.15) is 13.2 Å². The Kier molecular flexibility index (Phi) is 4.92. The van der Waals surface area contributed by atoms with Crippen molar-refractivity contribution in [2.24, 2.45) is 5.73 Å². The second-order valence-electron chi connectivity index (χ2n) is 4.58. The van der Waals surface area contributed by atoms with Crippen LogP contribution in [0.4, 0.5) is 13.2 Å². The van der Waals surface area contributed by atoms with Gasteiger partial charge >= 0.3 is 6.18 Å². The van der Waals surface area contributed by atoms with Crippen molar-refractivity contribution in [3.05, 3.63) is 48.0 Å². The van der Waals surface area contributed by atoms with Gasteiger partial charge in [0.15, 0.2) is 11.5 Å². The van der Waals surface area contributed by atoms with Gasteiger partial charge in [-0.1, -0.05) is 18.2 Å². The molecule has 6 heteroatoms. The summed E-state index contributed by atoms with van der Waals surface area (Å²) in [7, 11) is 1.50. The zero-order chi connectivity index (χ0) is 16.2. The summed E-state index contributed by atoms with van der Waals surface area (Å²) >= 11 is 0. The molecular weight excluding hydrogens is 295 g/mol. The SMILES string of the molecule is COc1cc(-c2ccc(C(F)(F)F)cc2)ccc1OCCN. The molecule has 0 aromatic heterocycles. The van der Waals surface area contributed by atoms with Crippen LogP contribution in [0.5, 0.6) is 11.5 Å². The molecule has 0 radical (unpaired) electrons. The molecule has 22 heavy (non-hydrogen) atoms. The van der Waals surface area contributed by atoms with Crippen LogP contribution in [0.3, 0.4) is 0 Å². The van der Waals surface area contributed by atoms with E-state index in [-0.39, 0.29) is 0 Å². The standard InChI is InChI=1S/C16H16F3NO2/c1-21-15-10-12(4-7-14(15)22-9-8-20)11-2-5-13(6-3-11)16(17,18)19/h2-7,10H,8-9,20H2,1H3. The van der Waals surface area contributed by atoms with E-state index in [2.05, 4.69) is 0 Å². The van der Waals surface area contributed by atoms with Gasteiger partial charge in [-0.15, -0.1) is 0 Å². The fourth-order valence-corrected chi connectivity index (χ4v) is 1.99. The van der Waals surface area contributed by atoms with E-state index in [1.54, 1.807) is 18.2 Å². The van der Waals surface area contributed by atoms with E-state index in [0.717, 1.165) is 17.7 Å². The van der Waals surface area contributed by atoms with E-state index in [9.17, 15) is 13.2 Å². The van der Waals surface area contributed by atoms with Crippen molar-refractivity contribution in [2.45, 2.75) is 6.18 Å². The average molecular weight is 311 g/mol. The molecule has 0 unspecified atom stereocenters. The minimum atomic E-state index is -4.34. The number of methoxy groups -OCH3 is 1. The van der Waals surface area contributed by atoms with Gasteiger partial charge in [-0.05, 0) is 35.4 Å². The molecule has 3 nitrogen and oxygen atoms in total. The van der Waals surface area contributed by atoms with E-state index in [4.69, 9.17) is 15.2 Å². The maximum absolute atomic E-state index is 12.6. The molecule has 118 valence electrons. The predicted octanol–water partition coefficient (Wildman–Crippen LogP) is 3.72. The Morgan fingerprint density at radius 3 is 2.14 bits per heavy atom. The molecule has 0 heterocycles. The highest BCUT2D eigenvalue weighted by molar-refractivity contribution is 5.67. The molecule has 0 aliphatic rings. The molecule has 0 fully saturated rings. The third-order valence-corrected chi connectivity index (χ3v) is 3.08. The summed E-state index contributed by atoms with van der Waals surface area (Å²) < 4.78 is 48.4. The fourth-order valence-electron chi connectivity index (χ4n) is 1.99. The molecular formula is C16H16F3NO2. The normalized spacial score (nSPS) is 11.3. The van der Waals surface area contributed by atoms with Gasteiger partial charge in [0.25, 0.3) is 0 Å². The first-order chi connectivity index (χ1) is 10.5. The highest BCUT2D eigenvalue weighted by atomic mass is 19.4. The number of hydrogen-bond donors (Lipinski definition) is 1. The highest BCUT2D eigenvalue weighted by Gasteiger charge is 2.29. The van der Waals surface area contributed by atoms with Crippen LogP contribution in [0.1, 0.15) is 5.56 Å². The molecule has 0 saturated carbocycles. The van der Waals surface area contributed by atoms with Crippen LogP contribution in [0.15, 0.2) is 42.5 Å². The summed E-state index contributed by atoms with van der Waals surface area (Å²) in [6, 6.07) is 10.2. The molecule has 0 atom stereocenters. The van der Waals surface area contributed by atoms with Crippen molar-refractivity contribution in [2.75, 3.05) is 20.3 Å². The Bertz CT molecular complexity index is 624. The molecule has 2 aromatic rings. The van der Waals surface area contributed by atoms with Crippen LogP contribution in [0.25, 0.3) is 11.1 Å².